The van der Waals surface area contributed by atoms with Gasteiger partial charge >= 0.3 is 0 Å². The van der Waals surface area contributed by atoms with Crippen LogP contribution in [0.5, 0.6) is 0 Å². The smallest absolute Gasteiger partial charge is 0.279 e. The Morgan fingerprint density at radius 3 is 2.00 bits per heavy atom. The van der Waals surface area contributed by atoms with Crippen LogP contribution in [0.4, 0.5) is 8.78 Å². The third kappa shape index (κ3) is 0.926. The minimum Gasteiger partial charge on any atom is -0.369 e. The summed E-state index contributed by atoms with van der Waals surface area (Å²) in [6.07, 6.45) is 0.318. The van der Waals surface area contributed by atoms with E-state index in [4.69, 9.17) is 4.74 Å². The van der Waals surface area contributed by atoms with E-state index in [1.54, 1.807) is 13.8 Å². The lowest BCUT2D eigenvalue weighted by Gasteiger charge is -2.12. The highest BCUT2D eigenvalue weighted by Crippen LogP contribution is 2.57. The fourth-order valence-electron chi connectivity index (χ4n) is 1.23. The van der Waals surface area contributed by atoms with Crippen LogP contribution in [0.2, 0.25) is 0 Å². The van der Waals surface area contributed by atoms with Crippen LogP contribution in [0.15, 0.2) is 0 Å². The molecule has 0 saturated heterocycles. The summed E-state index contributed by atoms with van der Waals surface area (Å²) in [6.45, 7) is 3.85. The third-order valence-electron chi connectivity index (χ3n) is 2.04. The van der Waals surface area contributed by atoms with Gasteiger partial charge in [0.1, 0.15) is 5.60 Å². The number of ether oxygens (including phenoxy) is 1. The van der Waals surface area contributed by atoms with Gasteiger partial charge in [0.15, 0.2) is 0 Å². The molecule has 0 aromatic rings. The van der Waals surface area contributed by atoms with Crippen LogP contribution in [0, 0.1) is 0 Å². The van der Waals surface area contributed by atoms with Crippen LogP contribution >= 0.6 is 0 Å². The Balaban J connectivity index is 2.50. The molecule has 0 aliphatic heterocycles. The first-order valence-electron chi connectivity index (χ1n) is 3.60. The summed E-state index contributed by atoms with van der Waals surface area (Å²) >= 11 is 0. The molecule has 1 nitrogen and oxygen atoms in total. The van der Waals surface area contributed by atoms with Gasteiger partial charge in [0.25, 0.3) is 5.92 Å². The van der Waals surface area contributed by atoms with Gasteiger partial charge in [-0.3, -0.25) is 0 Å². The molecule has 0 heterocycles. The highest BCUT2D eigenvalue weighted by molar-refractivity contribution is 5.12. The van der Waals surface area contributed by atoms with E-state index < -0.39 is 11.5 Å². The summed E-state index contributed by atoms with van der Waals surface area (Å²) in [7, 11) is 0. The van der Waals surface area contributed by atoms with E-state index in [1.807, 2.05) is 0 Å². The number of halogens is 2. The van der Waals surface area contributed by atoms with Crippen molar-refractivity contribution in [3.05, 3.63) is 0 Å². The largest absolute Gasteiger partial charge is 0.369 e. The predicted octanol–water partition coefficient (Wildman–Crippen LogP) is 2.21. The van der Waals surface area contributed by atoms with Gasteiger partial charge in [-0.25, -0.2) is 8.78 Å². The second-order valence-corrected chi connectivity index (χ2v) is 2.66. The van der Waals surface area contributed by atoms with Crippen molar-refractivity contribution >= 4 is 0 Å². The van der Waals surface area contributed by atoms with E-state index in [-0.39, 0.29) is 6.42 Å². The summed E-state index contributed by atoms with van der Waals surface area (Å²) in [6, 6.07) is 0. The van der Waals surface area contributed by atoms with Gasteiger partial charge in [0, 0.05) is 13.0 Å². The Hall–Kier alpha value is -0.180. The lowest BCUT2D eigenvalue weighted by molar-refractivity contribution is -0.0528. The molecular formula is C7H12F2O. The minimum atomic E-state index is -2.56. The van der Waals surface area contributed by atoms with Gasteiger partial charge < -0.3 is 4.74 Å². The van der Waals surface area contributed by atoms with Crippen LogP contribution < -0.4 is 0 Å². The minimum absolute atomic E-state index is 0.0929. The van der Waals surface area contributed by atoms with Crippen molar-refractivity contribution in [3.8, 4) is 0 Å². The first kappa shape index (κ1) is 7.92. The molecule has 1 atom stereocenters. The van der Waals surface area contributed by atoms with Crippen molar-refractivity contribution in [2.75, 3.05) is 6.61 Å². The van der Waals surface area contributed by atoms with E-state index >= 15 is 0 Å². The number of rotatable bonds is 3. The van der Waals surface area contributed by atoms with Crippen LogP contribution in [-0.2, 0) is 4.74 Å². The Kier molecular flexibility index (Phi) is 1.71. The Morgan fingerprint density at radius 1 is 1.40 bits per heavy atom. The summed E-state index contributed by atoms with van der Waals surface area (Å²) in [4.78, 5) is 0. The van der Waals surface area contributed by atoms with Gasteiger partial charge in [0.05, 0.1) is 0 Å². The average Bonchev–Trinajstić information content (AvgIpc) is 2.37. The molecule has 1 aliphatic rings. The van der Waals surface area contributed by atoms with Gasteiger partial charge in [-0.05, 0) is 13.3 Å². The average molecular weight is 150 g/mol. The Labute approximate surface area is 59.4 Å². The van der Waals surface area contributed by atoms with E-state index in [9.17, 15) is 8.78 Å². The monoisotopic (exact) mass is 150 g/mol. The van der Waals surface area contributed by atoms with E-state index in [2.05, 4.69) is 0 Å². The molecule has 0 aromatic carbocycles. The molecule has 60 valence electrons. The zero-order valence-corrected chi connectivity index (χ0v) is 6.29. The normalized spacial score (nSPS) is 36.0. The fraction of sp³-hybridized carbons (Fsp3) is 1.00. The predicted molar refractivity (Wildman–Crippen MR) is 34.2 cm³/mol. The van der Waals surface area contributed by atoms with Crippen molar-refractivity contribution in [2.24, 2.45) is 0 Å². The zero-order valence-electron chi connectivity index (χ0n) is 6.29. The highest BCUT2D eigenvalue weighted by Gasteiger charge is 2.71. The maximum absolute atomic E-state index is 12.5. The highest BCUT2D eigenvalue weighted by atomic mass is 19.3. The topological polar surface area (TPSA) is 9.23 Å². The molecule has 1 saturated carbocycles. The van der Waals surface area contributed by atoms with Crippen LogP contribution in [0.25, 0.3) is 0 Å². The molecule has 0 radical (unpaired) electrons. The number of hydrogen-bond acceptors (Lipinski definition) is 1. The molecule has 0 aromatic heterocycles. The van der Waals surface area contributed by atoms with Gasteiger partial charge in [-0.15, -0.1) is 0 Å². The summed E-state index contributed by atoms with van der Waals surface area (Å²) in [5.74, 6) is -2.56. The Morgan fingerprint density at radius 2 is 1.90 bits per heavy atom. The maximum Gasteiger partial charge on any atom is 0.279 e. The number of hydrogen-bond donors (Lipinski definition) is 0. The molecule has 0 spiro atoms. The lowest BCUT2D eigenvalue weighted by atomic mass is 10.2. The van der Waals surface area contributed by atoms with Crippen LogP contribution in [0.3, 0.4) is 0 Å². The van der Waals surface area contributed by atoms with Crippen molar-refractivity contribution in [2.45, 2.75) is 38.2 Å². The molecule has 10 heavy (non-hydrogen) atoms. The first-order valence-corrected chi connectivity index (χ1v) is 3.60. The quantitative estimate of drug-likeness (QED) is 0.599. The van der Waals surface area contributed by atoms with Crippen molar-refractivity contribution in [1.82, 2.24) is 0 Å². The molecule has 3 heteroatoms. The maximum atomic E-state index is 12.5. The molecule has 1 fully saturated rings. The van der Waals surface area contributed by atoms with E-state index in [1.165, 1.54) is 0 Å². The molecule has 0 unspecified atom stereocenters. The summed E-state index contributed by atoms with van der Waals surface area (Å²) in [5, 5.41) is 0. The van der Waals surface area contributed by atoms with Crippen molar-refractivity contribution < 1.29 is 13.5 Å². The molecule has 1 rings (SSSR count). The SMILES string of the molecule is CCO[C@@]1(CC)CC1(F)F. The molecule has 0 bridgehead atoms. The third-order valence-corrected chi connectivity index (χ3v) is 2.04. The van der Waals surface area contributed by atoms with Crippen molar-refractivity contribution in [1.29, 1.82) is 0 Å². The second-order valence-electron chi connectivity index (χ2n) is 2.66. The molecule has 0 N–H and O–H groups in total. The summed E-state index contributed by atoms with van der Waals surface area (Å²) < 4.78 is 30.0. The molecule has 0 amide bonds. The molecule has 1 aliphatic carbocycles. The van der Waals surface area contributed by atoms with Gasteiger partial charge in [-0.2, -0.15) is 0 Å². The number of alkyl halides is 2. The van der Waals surface area contributed by atoms with Crippen LogP contribution in [0.1, 0.15) is 26.7 Å². The Bertz CT molecular complexity index is 136. The summed E-state index contributed by atoms with van der Waals surface area (Å²) in [5.41, 5.74) is -1.10. The first-order chi connectivity index (χ1) is 4.58. The van der Waals surface area contributed by atoms with Crippen molar-refractivity contribution in [3.63, 3.8) is 0 Å². The zero-order chi connectivity index (χ0) is 7.83. The van der Waals surface area contributed by atoms with E-state index in [0.29, 0.717) is 13.0 Å². The van der Waals surface area contributed by atoms with E-state index in [0.717, 1.165) is 0 Å². The van der Waals surface area contributed by atoms with Gasteiger partial charge in [-0.1, -0.05) is 6.92 Å². The standard InChI is InChI=1S/C7H12F2O/c1-3-6(10-4-2)5-7(6,8)9/h3-5H2,1-2H3/t6-/m0/s1. The second kappa shape index (κ2) is 2.16. The molecular weight excluding hydrogens is 138 g/mol. The van der Waals surface area contributed by atoms with Gasteiger partial charge in [0.2, 0.25) is 0 Å². The van der Waals surface area contributed by atoms with Crippen LogP contribution in [-0.4, -0.2) is 18.1 Å². The fourth-order valence-corrected chi connectivity index (χ4v) is 1.23. The lowest BCUT2D eigenvalue weighted by Crippen LogP contribution is -2.21.